The van der Waals surface area contributed by atoms with E-state index in [1.807, 2.05) is 18.2 Å². The Hall–Kier alpha value is -0.670. The highest BCUT2D eigenvalue weighted by atomic mass is 35.5. The zero-order valence-corrected chi connectivity index (χ0v) is 11.8. The molecule has 1 fully saturated rings. The number of fused-ring (bicyclic) bond motifs is 1. The maximum Gasteiger partial charge on any atom is 0.157 e. The summed E-state index contributed by atoms with van der Waals surface area (Å²) >= 11 is 7.78. The first-order valence-electron chi connectivity index (χ1n) is 6.53. The number of halogens is 1. The molecule has 0 aromatic heterocycles. The number of aliphatic imine (C=N–C) groups is 1. The van der Waals surface area contributed by atoms with Crippen LogP contribution in [0.2, 0.25) is 5.02 Å². The van der Waals surface area contributed by atoms with Crippen LogP contribution in [0, 0.1) is 0 Å². The van der Waals surface area contributed by atoms with E-state index in [1.54, 1.807) is 11.8 Å². The van der Waals surface area contributed by atoms with Crippen LogP contribution < -0.4 is 5.32 Å². The van der Waals surface area contributed by atoms with E-state index < -0.39 is 0 Å². The van der Waals surface area contributed by atoms with E-state index in [2.05, 4.69) is 11.4 Å². The van der Waals surface area contributed by atoms with E-state index in [0.717, 1.165) is 15.9 Å². The summed E-state index contributed by atoms with van der Waals surface area (Å²) in [4.78, 5) is 4.78. The molecule has 18 heavy (non-hydrogen) atoms. The summed E-state index contributed by atoms with van der Waals surface area (Å²) in [5.74, 6) is 0.936. The lowest BCUT2D eigenvalue weighted by molar-refractivity contribution is 0.385. The molecule has 1 aromatic carbocycles. The van der Waals surface area contributed by atoms with Crippen molar-refractivity contribution in [1.82, 2.24) is 5.32 Å². The molecular weight excluding hydrogens is 264 g/mol. The molecule has 0 bridgehead atoms. The Morgan fingerprint density at radius 2 is 2.22 bits per heavy atom. The van der Waals surface area contributed by atoms with Gasteiger partial charge in [-0.3, -0.25) is 4.99 Å². The fraction of sp³-hybridized carbons (Fsp3) is 0.500. The molecule has 4 heteroatoms. The molecule has 0 saturated heterocycles. The molecule has 2 aliphatic rings. The van der Waals surface area contributed by atoms with Gasteiger partial charge in [-0.25, -0.2) is 0 Å². The Kier molecular flexibility index (Phi) is 3.80. The van der Waals surface area contributed by atoms with Crippen LogP contribution in [0.5, 0.6) is 0 Å². The first kappa shape index (κ1) is 12.4. The molecule has 3 rings (SSSR count). The Bertz CT molecular complexity index is 461. The minimum atomic E-state index is 0.528. The number of nitrogens with zero attached hydrogens (tertiary/aromatic N) is 1. The molecule has 2 atom stereocenters. The number of benzene rings is 1. The van der Waals surface area contributed by atoms with Crippen molar-refractivity contribution < 1.29 is 0 Å². The summed E-state index contributed by atoms with van der Waals surface area (Å²) in [6.45, 7) is 0. The molecule has 0 amide bonds. The lowest BCUT2D eigenvalue weighted by Gasteiger charge is -2.23. The van der Waals surface area contributed by atoms with Crippen molar-refractivity contribution in [3.8, 4) is 0 Å². The van der Waals surface area contributed by atoms with E-state index in [-0.39, 0.29) is 0 Å². The van der Waals surface area contributed by atoms with Gasteiger partial charge in [0, 0.05) is 10.8 Å². The first-order valence-corrected chi connectivity index (χ1v) is 7.89. The molecule has 1 aliphatic carbocycles. The van der Waals surface area contributed by atoms with Gasteiger partial charge in [-0.05, 0) is 30.5 Å². The smallest absolute Gasteiger partial charge is 0.157 e. The van der Waals surface area contributed by atoms with Crippen LogP contribution in [0.1, 0.15) is 31.2 Å². The SMILES string of the molecule is Clc1cccc(CSC2=N[C@H]3CCCC[C@@H]3N2)c1. The van der Waals surface area contributed by atoms with Crippen molar-refractivity contribution >= 4 is 28.5 Å². The summed E-state index contributed by atoms with van der Waals surface area (Å²) in [7, 11) is 0. The fourth-order valence-electron chi connectivity index (χ4n) is 2.64. The molecule has 0 radical (unpaired) electrons. The highest BCUT2D eigenvalue weighted by Crippen LogP contribution is 2.28. The van der Waals surface area contributed by atoms with Gasteiger partial charge >= 0.3 is 0 Å². The maximum atomic E-state index is 5.98. The van der Waals surface area contributed by atoms with Crippen molar-refractivity contribution in [2.75, 3.05) is 0 Å². The summed E-state index contributed by atoms with van der Waals surface area (Å²) in [5.41, 5.74) is 1.26. The van der Waals surface area contributed by atoms with Crippen LogP contribution >= 0.6 is 23.4 Å². The van der Waals surface area contributed by atoms with E-state index in [9.17, 15) is 0 Å². The first-order chi connectivity index (χ1) is 8.81. The Morgan fingerprint density at radius 3 is 3.06 bits per heavy atom. The van der Waals surface area contributed by atoms with Gasteiger partial charge in [0.05, 0.1) is 12.1 Å². The normalized spacial score (nSPS) is 26.4. The molecule has 2 nitrogen and oxygen atoms in total. The molecule has 96 valence electrons. The number of thioether (sulfide) groups is 1. The van der Waals surface area contributed by atoms with E-state index in [4.69, 9.17) is 16.6 Å². The van der Waals surface area contributed by atoms with Gasteiger partial charge < -0.3 is 5.32 Å². The Labute approximate surface area is 117 Å². The van der Waals surface area contributed by atoms with Gasteiger partial charge in [0.1, 0.15) is 0 Å². The standard InChI is InChI=1S/C14H17ClN2S/c15-11-5-3-4-10(8-11)9-18-14-16-12-6-1-2-7-13(12)17-14/h3-5,8,12-13H,1-2,6-7,9H2,(H,16,17)/t12-,13-/m0/s1. The van der Waals surface area contributed by atoms with Crippen molar-refractivity contribution in [3.63, 3.8) is 0 Å². The average Bonchev–Trinajstić information content (AvgIpc) is 2.79. The van der Waals surface area contributed by atoms with Crippen molar-refractivity contribution in [3.05, 3.63) is 34.9 Å². The highest BCUT2D eigenvalue weighted by molar-refractivity contribution is 8.13. The Morgan fingerprint density at radius 1 is 1.33 bits per heavy atom. The number of hydrogen-bond donors (Lipinski definition) is 1. The highest BCUT2D eigenvalue weighted by Gasteiger charge is 2.30. The second-order valence-corrected chi connectivity index (χ2v) is 6.36. The lowest BCUT2D eigenvalue weighted by atomic mass is 9.92. The van der Waals surface area contributed by atoms with Crippen LogP contribution in [0.4, 0.5) is 0 Å². The zero-order valence-electron chi connectivity index (χ0n) is 10.2. The van der Waals surface area contributed by atoms with Crippen molar-refractivity contribution in [2.45, 2.75) is 43.5 Å². The maximum absolute atomic E-state index is 5.98. The predicted molar refractivity (Wildman–Crippen MR) is 79.4 cm³/mol. The van der Waals surface area contributed by atoms with Gasteiger partial charge in [0.2, 0.25) is 0 Å². The van der Waals surface area contributed by atoms with E-state index in [1.165, 1.54) is 31.2 Å². The van der Waals surface area contributed by atoms with Gasteiger partial charge in [-0.15, -0.1) is 0 Å². The van der Waals surface area contributed by atoms with Gasteiger partial charge in [-0.2, -0.15) is 0 Å². The number of amidine groups is 1. The molecule has 1 saturated carbocycles. The number of hydrogen-bond acceptors (Lipinski definition) is 3. The fourth-order valence-corrected chi connectivity index (χ4v) is 3.78. The van der Waals surface area contributed by atoms with Gasteiger partial charge in [0.15, 0.2) is 5.17 Å². The largest absolute Gasteiger partial charge is 0.360 e. The molecule has 0 unspecified atom stereocenters. The van der Waals surface area contributed by atoms with Gasteiger partial charge in [-0.1, -0.05) is 48.3 Å². The zero-order chi connectivity index (χ0) is 12.4. The molecule has 0 spiro atoms. The quantitative estimate of drug-likeness (QED) is 0.890. The summed E-state index contributed by atoms with van der Waals surface area (Å²) in [5, 5.41) is 5.48. The molecule has 1 heterocycles. The van der Waals surface area contributed by atoms with E-state index in [0.29, 0.717) is 12.1 Å². The molecule has 1 aromatic rings. The molecule has 1 aliphatic heterocycles. The third kappa shape index (κ3) is 2.83. The summed E-state index contributed by atoms with van der Waals surface area (Å²) < 4.78 is 0. The summed E-state index contributed by atoms with van der Waals surface area (Å²) in [6.07, 6.45) is 5.20. The lowest BCUT2D eigenvalue weighted by Crippen LogP contribution is -2.36. The van der Waals surface area contributed by atoms with Crippen molar-refractivity contribution in [1.29, 1.82) is 0 Å². The van der Waals surface area contributed by atoms with Crippen LogP contribution in [0.25, 0.3) is 0 Å². The third-order valence-electron chi connectivity index (χ3n) is 3.59. The Balaban J connectivity index is 1.58. The van der Waals surface area contributed by atoms with Crippen LogP contribution in [0.15, 0.2) is 29.3 Å². The molecule has 1 N–H and O–H groups in total. The van der Waals surface area contributed by atoms with E-state index >= 15 is 0 Å². The van der Waals surface area contributed by atoms with Crippen LogP contribution in [0.3, 0.4) is 0 Å². The monoisotopic (exact) mass is 280 g/mol. The average molecular weight is 281 g/mol. The molecular formula is C14H17ClN2S. The van der Waals surface area contributed by atoms with Gasteiger partial charge in [0.25, 0.3) is 0 Å². The minimum absolute atomic E-state index is 0.528. The minimum Gasteiger partial charge on any atom is -0.360 e. The number of nitrogens with one attached hydrogen (secondary N) is 1. The van der Waals surface area contributed by atoms with Crippen LogP contribution in [-0.4, -0.2) is 17.3 Å². The number of rotatable bonds is 2. The topological polar surface area (TPSA) is 24.4 Å². The third-order valence-corrected chi connectivity index (χ3v) is 4.80. The predicted octanol–water partition coefficient (Wildman–Crippen LogP) is 3.84. The summed E-state index contributed by atoms with van der Waals surface area (Å²) in [6, 6.07) is 9.18. The van der Waals surface area contributed by atoms with Crippen molar-refractivity contribution in [2.24, 2.45) is 4.99 Å². The second-order valence-electron chi connectivity index (χ2n) is 4.96. The second kappa shape index (κ2) is 5.54. The van der Waals surface area contributed by atoms with Crippen LogP contribution in [-0.2, 0) is 5.75 Å².